The van der Waals surface area contributed by atoms with Crippen LogP contribution in [0.1, 0.15) is 71.8 Å². The van der Waals surface area contributed by atoms with Crippen molar-refractivity contribution < 1.29 is 28.6 Å². The number of rotatable bonds is 8. The molecule has 0 radical (unpaired) electrons. The molecule has 3 rings (SSSR count). The number of nitrogens with one attached hydrogen (secondary N) is 1. The molecule has 1 aromatic carbocycles. The molecule has 200 valence electrons. The molecule has 0 saturated carbocycles. The predicted octanol–water partition coefficient (Wildman–Crippen LogP) is 4.92. The predicted molar refractivity (Wildman–Crippen MR) is 137 cm³/mol. The van der Waals surface area contributed by atoms with Gasteiger partial charge in [-0.15, -0.1) is 0 Å². The first-order valence-corrected chi connectivity index (χ1v) is 13.1. The standard InChI is InChI=1S/C28H41FN2O5/c1-19(13-16-32)30-26(33)22-7-5-21(6-8-22)24-10-9-23(17-25(24)29)35-18-20-11-14-31(15-12-20)27(34)36-28(2,3)4/h5,9-10,17,19-20,22,32H,6-8,11-16,18H2,1-4H3,(H,30,33). The topological polar surface area (TPSA) is 88.1 Å². The van der Waals surface area contributed by atoms with Crippen molar-refractivity contribution in [2.24, 2.45) is 11.8 Å². The van der Waals surface area contributed by atoms with Crippen molar-refractivity contribution in [3.05, 3.63) is 35.7 Å². The molecule has 1 heterocycles. The fourth-order valence-corrected chi connectivity index (χ4v) is 4.61. The third kappa shape index (κ3) is 8.22. The Morgan fingerprint density at radius 3 is 2.53 bits per heavy atom. The average molecular weight is 505 g/mol. The van der Waals surface area contributed by atoms with E-state index >= 15 is 0 Å². The fraction of sp³-hybridized carbons (Fsp3) is 0.643. The smallest absolute Gasteiger partial charge is 0.410 e. The second-order valence-corrected chi connectivity index (χ2v) is 11.0. The molecule has 1 aliphatic heterocycles. The maximum Gasteiger partial charge on any atom is 0.410 e. The molecule has 1 aliphatic carbocycles. The molecular formula is C28H41FN2O5. The number of halogens is 1. The number of hydrogen-bond acceptors (Lipinski definition) is 5. The zero-order chi connectivity index (χ0) is 26.3. The number of likely N-dealkylation sites (tertiary alicyclic amines) is 1. The third-order valence-electron chi connectivity index (χ3n) is 6.77. The molecule has 2 unspecified atom stereocenters. The molecule has 1 aromatic rings. The Morgan fingerprint density at radius 1 is 1.22 bits per heavy atom. The summed E-state index contributed by atoms with van der Waals surface area (Å²) in [6, 6.07) is 4.92. The lowest BCUT2D eigenvalue weighted by Crippen LogP contribution is -2.42. The van der Waals surface area contributed by atoms with Crippen LogP contribution in [0, 0.1) is 17.7 Å². The summed E-state index contributed by atoms with van der Waals surface area (Å²) in [7, 11) is 0. The van der Waals surface area contributed by atoms with Gasteiger partial charge in [0.1, 0.15) is 17.2 Å². The molecule has 8 heteroatoms. The molecular weight excluding hydrogens is 463 g/mol. The van der Waals surface area contributed by atoms with E-state index in [1.807, 2.05) is 33.8 Å². The number of ether oxygens (including phenoxy) is 2. The summed E-state index contributed by atoms with van der Waals surface area (Å²) in [6.07, 6.45) is 5.74. The summed E-state index contributed by atoms with van der Waals surface area (Å²) >= 11 is 0. The summed E-state index contributed by atoms with van der Waals surface area (Å²) in [5, 5.41) is 11.9. The minimum atomic E-state index is -0.503. The van der Waals surface area contributed by atoms with Crippen LogP contribution in [-0.2, 0) is 9.53 Å². The molecule has 0 bridgehead atoms. The summed E-state index contributed by atoms with van der Waals surface area (Å²) in [4.78, 5) is 26.4. The Labute approximate surface area is 214 Å². The Bertz CT molecular complexity index is 934. The summed E-state index contributed by atoms with van der Waals surface area (Å²) < 4.78 is 26.2. The number of carbonyl (C=O) groups is 2. The number of amides is 2. The van der Waals surface area contributed by atoms with Crippen LogP contribution in [0.4, 0.5) is 9.18 Å². The van der Waals surface area contributed by atoms with Gasteiger partial charge in [-0.25, -0.2) is 9.18 Å². The number of benzene rings is 1. The van der Waals surface area contributed by atoms with Crippen LogP contribution in [0.25, 0.3) is 5.57 Å². The van der Waals surface area contributed by atoms with Crippen molar-refractivity contribution in [2.75, 3.05) is 26.3 Å². The van der Waals surface area contributed by atoms with Crippen molar-refractivity contribution in [1.29, 1.82) is 0 Å². The summed E-state index contributed by atoms with van der Waals surface area (Å²) in [5.74, 6) is 0.348. The van der Waals surface area contributed by atoms with Crippen LogP contribution < -0.4 is 10.1 Å². The highest BCUT2D eigenvalue weighted by atomic mass is 19.1. The van der Waals surface area contributed by atoms with Gasteiger partial charge in [0.2, 0.25) is 5.91 Å². The lowest BCUT2D eigenvalue weighted by Gasteiger charge is -2.33. The van der Waals surface area contributed by atoms with Gasteiger partial charge in [-0.05, 0) is 89.8 Å². The molecule has 1 saturated heterocycles. The number of aliphatic hydroxyl groups is 1. The van der Waals surface area contributed by atoms with E-state index in [4.69, 9.17) is 14.6 Å². The van der Waals surface area contributed by atoms with Gasteiger partial charge < -0.3 is 24.8 Å². The van der Waals surface area contributed by atoms with E-state index in [0.29, 0.717) is 62.6 Å². The van der Waals surface area contributed by atoms with Crippen LogP contribution in [-0.4, -0.2) is 60.0 Å². The van der Waals surface area contributed by atoms with Gasteiger partial charge in [0.05, 0.1) is 6.61 Å². The molecule has 2 N–H and O–H groups in total. The van der Waals surface area contributed by atoms with Gasteiger partial charge in [0.15, 0.2) is 0 Å². The van der Waals surface area contributed by atoms with E-state index in [9.17, 15) is 14.0 Å². The van der Waals surface area contributed by atoms with Crippen molar-refractivity contribution >= 4 is 17.6 Å². The van der Waals surface area contributed by atoms with Gasteiger partial charge in [-0.1, -0.05) is 6.08 Å². The Morgan fingerprint density at radius 2 is 1.94 bits per heavy atom. The molecule has 36 heavy (non-hydrogen) atoms. The first-order valence-electron chi connectivity index (χ1n) is 13.1. The highest BCUT2D eigenvalue weighted by Crippen LogP contribution is 2.33. The number of piperidine rings is 1. The second-order valence-electron chi connectivity index (χ2n) is 11.0. The Kier molecular flexibility index (Phi) is 9.77. The quantitative estimate of drug-likeness (QED) is 0.525. The number of carbonyl (C=O) groups excluding carboxylic acids is 2. The summed E-state index contributed by atoms with van der Waals surface area (Å²) in [6.45, 7) is 9.24. The van der Waals surface area contributed by atoms with Crippen molar-refractivity contribution in [2.45, 2.75) is 77.9 Å². The lowest BCUT2D eigenvalue weighted by atomic mass is 9.85. The Balaban J connectivity index is 1.46. The molecule has 7 nitrogen and oxygen atoms in total. The molecule has 0 aromatic heterocycles. The first-order chi connectivity index (χ1) is 17.1. The molecule has 2 atom stereocenters. The highest BCUT2D eigenvalue weighted by Gasteiger charge is 2.27. The van der Waals surface area contributed by atoms with Crippen molar-refractivity contribution in [3.8, 4) is 5.75 Å². The second kappa shape index (κ2) is 12.6. The van der Waals surface area contributed by atoms with Gasteiger partial charge in [-0.2, -0.15) is 0 Å². The molecule has 0 spiro atoms. The maximum atomic E-state index is 14.9. The zero-order valence-corrected chi connectivity index (χ0v) is 22.0. The fourth-order valence-electron chi connectivity index (χ4n) is 4.61. The Hall–Kier alpha value is -2.61. The minimum absolute atomic E-state index is 0.00704. The van der Waals surface area contributed by atoms with Crippen LogP contribution in [0.15, 0.2) is 24.3 Å². The lowest BCUT2D eigenvalue weighted by molar-refractivity contribution is -0.125. The van der Waals surface area contributed by atoms with Gasteiger partial charge >= 0.3 is 6.09 Å². The number of hydrogen-bond donors (Lipinski definition) is 2. The van der Waals surface area contributed by atoms with Crippen LogP contribution in [0.2, 0.25) is 0 Å². The normalized spacial score (nSPS) is 19.9. The number of nitrogens with zero attached hydrogens (tertiary/aromatic N) is 1. The third-order valence-corrected chi connectivity index (χ3v) is 6.77. The average Bonchev–Trinajstić information content (AvgIpc) is 2.82. The van der Waals surface area contributed by atoms with Crippen LogP contribution in [0.5, 0.6) is 5.75 Å². The highest BCUT2D eigenvalue weighted by molar-refractivity contribution is 5.81. The van der Waals surface area contributed by atoms with Gasteiger partial charge in [0, 0.05) is 43.3 Å². The number of allylic oxidation sites excluding steroid dienone is 2. The van der Waals surface area contributed by atoms with Gasteiger partial charge in [0.25, 0.3) is 0 Å². The minimum Gasteiger partial charge on any atom is -0.493 e. The molecule has 2 aliphatic rings. The largest absolute Gasteiger partial charge is 0.493 e. The van der Waals surface area contributed by atoms with E-state index in [2.05, 4.69) is 5.32 Å². The van der Waals surface area contributed by atoms with E-state index in [-0.39, 0.29) is 36.4 Å². The zero-order valence-electron chi connectivity index (χ0n) is 22.0. The monoisotopic (exact) mass is 504 g/mol. The van der Waals surface area contributed by atoms with Crippen molar-refractivity contribution in [3.63, 3.8) is 0 Å². The SMILES string of the molecule is CC(CCO)NC(=O)C1CC=C(c2ccc(OCC3CCN(C(=O)OC(C)(C)C)CC3)cc2F)CC1. The number of aliphatic hydroxyl groups excluding tert-OH is 1. The van der Waals surface area contributed by atoms with Crippen molar-refractivity contribution in [1.82, 2.24) is 10.2 Å². The van der Waals surface area contributed by atoms with Crippen LogP contribution in [0.3, 0.4) is 0 Å². The van der Waals surface area contributed by atoms with Gasteiger partial charge in [-0.3, -0.25) is 4.79 Å². The van der Waals surface area contributed by atoms with E-state index in [1.165, 1.54) is 6.07 Å². The first kappa shape index (κ1) is 28.0. The van der Waals surface area contributed by atoms with E-state index < -0.39 is 5.60 Å². The van der Waals surface area contributed by atoms with Crippen LogP contribution >= 0.6 is 0 Å². The summed E-state index contributed by atoms with van der Waals surface area (Å²) in [5.41, 5.74) is 0.970. The maximum absolute atomic E-state index is 14.9. The van der Waals surface area contributed by atoms with E-state index in [1.54, 1.807) is 17.0 Å². The van der Waals surface area contributed by atoms with E-state index in [0.717, 1.165) is 18.4 Å². The molecule has 2 amide bonds. The molecule has 1 fully saturated rings.